The molecule has 0 radical (unpaired) electrons. The molecule has 2 heterocycles. The van der Waals surface area contributed by atoms with Crippen molar-refractivity contribution in [1.82, 2.24) is 14.3 Å². The summed E-state index contributed by atoms with van der Waals surface area (Å²) in [5.74, 6) is 1.04. The van der Waals surface area contributed by atoms with E-state index in [4.69, 9.17) is 21.1 Å². The first-order valence-corrected chi connectivity index (χ1v) is 13.8. The van der Waals surface area contributed by atoms with Crippen molar-refractivity contribution in [2.45, 2.75) is 23.9 Å². The van der Waals surface area contributed by atoms with Crippen molar-refractivity contribution in [3.63, 3.8) is 0 Å². The van der Waals surface area contributed by atoms with E-state index in [1.54, 1.807) is 24.3 Å². The minimum absolute atomic E-state index is 0.0177. The van der Waals surface area contributed by atoms with Crippen molar-refractivity contribution >= 4 is 50.1 Å². The topological polar surface area (TPSA) is 125 Å². The Morgan fingerprint density at radius 1 is 1.24 bits per heavy atom. The molecule has 1 aliphatic heterocycles. The largest absolute Gasteiger partial charge is 0.497 e. The molecule has 11 nitrogen and oxygen atoms in total. The summed E-state index contributed by atoms with van der Waals surface area (Å²) in [6.45, 7) is 0.716. The van der Waals surface area contributed by atoms with Crippen LogP contribution in [0.2, 0.25) is 5.02 Å². The molecule has 1 aliphatic rings. The summed E-state index contributed by atoms with van der Waals surface area (Å²) in [5.41, 5.74) is 1.21. The quantitative estimate of drug-likeness (QED) is 0.411. The number of ether oxygens (including phenoxy) is 2. The number of halogens is 1. The first kappa shape index (κ1) is 26.8. The number of sulfonamides is 1. The molecule has 1 fully saturated rings. The van der Waals surface area contributed by atoms with E-state index in [9.17, 15) is 18.3 Å². The first-order valence-electron chi connectivity index (χ1n) is 11.2. The fourth-order valence-electron chi connectivity index (χ4n) is 4.16. The molecule has 3 aromatic rings. The van der Waals surface area contributed by atoms with Gasteiger partial charge in [-0.05, 0) is 36.8 Å². The van der Waals surface area contributed by atoms with Crippen LogP contribution < -0.4 is 18.7 Å². The van der Waals surface area contributed by atoms with Crippen LogP contribution in [0.4, 0.5) is 15.6 Å². The molecule has 1 aromatic heterocycles. The molecule has 0 unspecified atom stereocenters. The highest BCUT2D eigenvalue weighted by Crippen LogP contribution is 2.35. The van der Waals surface area contributed by atoms with Gasteiger partial charge in [0.2, 0.25) is 5.13 Å². The predicted molar refractivity (Wildman–Crippen MR) is 141 cm³/mol. The Morgan fingerprint density at radius 3 is 2.62 bits per heavy atom. The summed E-state index contributed by atoms with van der Waals surface area (Å²) in [7, 11) is 0.744. The number of likely N-dealkylation sites (N-methyl/N-ethyl adjacent to an activating group) is 1. The highest BCUT2D eigenvalue weighted by Gasteiger charge is 2.32. The standard InChI is InChI=1S/C23H26ClN5O6S2/c1-27(16-8-9-28(13-16)23(30)31)20-7-6-18(11-19(20)24)37(32,33)29(22-25-14-26-36-22)12-15-4-5-17(34-2)10-21(15)35-3/h4-7,10-11,14,16H,8-9,12-13H2,1-3H3,(H,30,31)/t16-/m0/s1. The van der Waals surface area contributed by atoms with Gasteiger partial charge in [0.15, 0.2) is 0 Å². The molecule has 1 amide bonds. The van der Waals surface area contributed by atoms with Crippen LogP contribution in [0.5, 0.6) is 11.5 Å². The van der Waals surface area contributed by atoms with Gasteiger partial charge in [-0.3, -0.25) is 0 Å². The Hall–Kier alpha value is -3.29. The van der Waals surface area contributed by atoms with Gasteiger partial charge in [-0.1, -0.05) is 11.6 Å². The molecule has 198 valence electrons. The van der Waals surface area contributed by atoms with E-state index in [1.807, 2.05) is 11.9 Å². The number of carboxylic acid groups (broad SMARTS) is 1. The molecule has 0 saturated carbocycles. The normalized spacial score (nSPS) is 15.5. The van der Waals surface area contributed by atoms with Crippen LogP contribution in [0.3, 0.4) is 0 Å². The zero-order valence-corrected chi connectivity index (χ0v) is 22.8. The van der Waals surface area contributed by atoms with Crippen LogP contribution >= 0.6 is 23.1 Å². The summed E-state index contributed by atoms with van der Waals surface area (Å²) in [6.07, 6.45) is 0.975. The van der Waals surface area contributed by atoms with Gasteiger partial charge >= 0.3 is 6.09 Å². The molecule has 1 atom stereocenters. The Kier molecular flexibility index (Phi) is 7.95. The van der Waals surface area contributed by atoms with Gasteiger partial charge < -0.3 is 24.4 Å². The van der Waals surface area contributed by atoms with Gasteiger partial charge in [-0.15, -0.1) is 0 Å². The first-order chi connectivity index (χ1) is 17.6. The molecular formula is C23H26ClN5O6S2. The third kappa shape index (κ3) is 5.53. The summed E-state index contributed by atoms with van der Waals surface area (Å²) < 4.78 is 43.5. The Morgan fingerprint density at radius 2 is 2.03 bits per heavy atom. The number of hydrogen-bond donors (Lipinski definition) is 1. The molecule has 0 aliphatic carbocycles. The van der Waals surface area contributed by atoms with Crippen LogP contribution in [-0.4, -0.2) is 74.3 Å². The molecular weight excluding hydrogens is 542 g/mol. The lowest BCUT2D eigenvalue weighted by Crippen LogP contribution is -2.36. The van der Waals surface area contributed by atoms with Gasteiger partial charge in [0, 0.05) is 49.3 Å². The lowest BCUT2D eigenvalue weighted by atomic mass is 10.2. The van der Waals surface area contributed by atoms with Crippen LogP contribution in [0, 0.1) is 0 Å². The molecule has 14 heteroatoms. The zero-order chi connectivity index (χ0) is 26.7. The van der Waals surface area contributed by atoms with Crippen molar-refractivity contribution < 1.29 is 27.8 Å². The third-order valence-corrected chi connectivity index (χ3v) is 9.08. The number of amides is 1. The highest BCUT2D eigenvalue weighted by molar-refractivity contribution is 7.93. The molecule has 0 bridgehead atoms. The van der Waals surface area contributed by atoms with Gasteiger partial charge in [-0.25, -0.2) is 22.5 Å². The van der Waals surface area contributed by atoms with Gasteiger partial charge in [0.1, 0.15) is 17.8 Å². The molecule has 37 heavy (non-hydrogen) atoms. The van der Waals surface area contributed by atoms with Crippen molar-refractivity contribution in [3.05, 3.63) is 53.3 Å². The number of carbonyl (C=O) groups is 1. The van der Waals surface area contributed by atoms with Gasteiger partial charge in [-0.2, -0.15) is 4.37 Å². The van der Waals surface area contributed by atoms with Crippen LogP contribution in [0.15, 0.2) is 47.6 Å². The molecule has 1 saturated heterocycles. The Labute approximate surface area is 224 Å². The Balaban J connectivity index is 1.65. The lowest BCUT2D eigenvalue weighted by molar-refractivity contribution is 0.155. The van der Waals surface area contributed by atoms with Crippen LogP contribution in [0.1, 0.15) is 12.0 Å². The Bertz CT molecular complexity index is 1370. The number of rotatable bonds is 9. The van der Waals surface area contributed by atoms with Gasteiger partial charge in [0.05, 0.1) is 36.4 Å². The summed E-state index contributed by atoms with van der Waals surface area (Å²) in [6, 6.07) is 9.56. The minimum atomic E-state index is -4.10. The minimum Gasteiger partial charge on any atom is -0.497 e. The van der Waals surface area contributed by atoms with Crippen molar-refractivity contribution in [1.29, 1.82) is 0 Å². The number of methoxy groups -OCH3 is 2. The number of benzene rings is 2. The summed E-state index contributed by atoms with van der Waals surface area (Å²) in [4.78, 5) is 18.6. The second-order valence-corrected chi connectivity index (χ2v) is 11.3. The van der Waals surface area contributed by atoms with E-state index >= 15 is 0 Å². The number of anilines is 2. The van der Waals surface area contributed by atoms with Crippen LogP contribution in [-0.2, 0) is 16.6 Å². The second-order valence-electron chi connectivity index (χ2n) is 8.31. The maximum atomic E-state index is 13.8. The van der Waals surface area contributed by atoms with E-state index in [0.717, 1.165) is 15.8 Å². The summed E-state index contributed by atoms with van der Waals surface area (Å²) in [5, 5.41) is 9.67. The number of likely N-dealkylation sites (tertiary alicyclic amines) is 1. The average molecular weight is 568 g/mol. The van der Waals surface area contributed by atoms with Crippen LogP contribution in [0.25, 0.3) is 0 Å². The van der Waals surface area contributed by atoms with Crippen molar-refractivity contribution in [3.8, 4) is 11.5 Å². The zero-order valence-electron chi connectivity index (χ0n) is 20.4. The average Bonchev–Trinajstić information content (AvgIpc) is 3.59. The molecule has 4 rings (SSSR count). The molecule has 2 aromatic carbocycles. The van der Waals surface area contributed by atoms with Crippen molar-refractivity contribution in [2.24, 2.45) is 0 Å². The van der Waals surface area contributed by atoms with E-state index in [-0.39, 0.29) is 27.6 Å². The molecule has 0 spiro atoms. The monoisotopic (exact) mass is 567 g/mol. The molecule has 1 N–H and O–H groups in total. The predicted octanol–water partition coefficient (Wildman–Crippen LogP) is 3.79. The van der Waals surface area contributed by atoms with E-state index in [2.05, 4.69) is 9.36 Å². The maximum Gasteiger partial charge on any atom is 0.407 e. The number of aromatic nitrogens is 2. The smallest absolute Gasteiger partial charge is 0.407 e. The van der Waals surface area contributed by atoms with E-state index in [0.29, 0.717) is 42.3 Å². The third-order valence-electron chi connectivity index (χ3n) is 6.24. The SMILES string of the molecule is COc1ccc(CN(c2ncns2)S(=O)(=O)c2ccc(N(C)[C@H]3CCN(C(=O)O)C3)c(Cl)c2)c(OC)c1. The maximum absolute atomic E-state index is 13.8. The number of hydrogen-bond acceptors (Lipinski definition) is 9. The van der Waals surface area contributed by atoms with E-state index in [1.165, 1.54) is 37.6 Å². The van der Waals surface area contributed by atoms with E-state index < -0.39 is 16.1 Å². The van der Waals surface area contributed by atoms with Crippen molar-refractivity contribution in [2.75, 3.05) is 43.6 Å². The number of nitrogens with zero attached hydrogens (tertiary/aromatic N) is 5. The highest BCUT2D eigenvalue weighted by atomic mass is 35.5. The summed E-state index contributed by atoms with van der Waals surface area (Å²) >= 11 is 7.52. The fraction of sp³-hybridized carbons (Fsp3) is 0.348. The lowest BCUT2D eigenvalue weighted by Gasteiger charge is -2.28. The van der Waals surface area contributed by atoms with Gasteiger partial charge in [0.25, 0.3) is 10.0 Å². The second kappa shape index (κ2) is 11.0. The fourth-order valence-corrected chi connectivity index (χ4v) is 6.69.